The third kappa shape index (κ3) is 3.89. The molecular weight excluding hydrogens is 267 g/mol. The Hall–Kier alpha value is -1.69. The van der Waals surface area contributed by atoms with E-state index in [0.29, 0.717) is 5.75 Å². The molecule has 1 rings (SSSR count). The second-order valence-electron chi connectivity index (χ2n) is 4.34. The maximum Gasteiger partial charge on any atom is 0.257 e. The standard InChI is InChI=1S/C13H17FN2O2S/c1-8(2)16(7-12(15)19)13(17)10-5-4-9(18-3)6-11(10)14/h4-6,8H,7H2,1-3H3,(H2,15,19). The molecule has 0 aliphatic heterocycles. The van der Waals surface area contributed by atoms with E-state index >= 15 is 0 Å². The van der Waals surface area contributed by atoms with Gasteiger partial charge in [-0.3, -0.25) is 4.79 Å². The van der Waals surface area contributed by atoms with Gasteiger partial charge in [-0.05, 0) is 26.0 Å². The second kappa shape index (κ2) is 6.47. The summed E-state index contributed by atoms with van der Waals surface area (Å²) in [5.41, 5.74) is 5.43. The molecule has 1 amide bonds. The number of ether oxygens (including phenoxy) is 1. The fourth-order valence-electron chi connectivity index (χ4n) is 1.61. The van der Waals surface area contributed by atoms with Gasteiger partial charge in [0.2, 0.25) is 0 Å². The van der Waals surface area contributed by atoms with Gasteiger partial charge in [0, 0.05) is 12.1 Å². The minimum atomic E-state index is -0.627. The molecular formula is C13H17FN2O2S. The van der Waals surface area contributed by atoms with E-state index in [2.05, 4.69) is 0 Å². The van der Waals surface area contributed by atoms with Gasteiger partial charge in [0.05, 0.1) is 24.2 Å². The number of methoxy groups -OCH3 is 1. The minimum absolute atomic E-state index is 0.0225. The maximum absolute atomic E-state index is 13.9. The molecule has 104 valence electrons. The van der Waals surface area contributed by atoms with Crippen molar-refractivity contribution in [3.8, 4) is 5.75 Å². The van der Waals surface area contributed by atoms with E-state index in [-0.39, 0.29) is 23.1 Å². The Morgan fingerprint density at radius 2 is 2.16 bits per heavy atom. The normalized spacial score (nSPS) is 10.4. The molecule has 0 heterocycles. The van der Waals surface area contributed by atoms with E-state index < -0.39 is 11.7 Å². The molecule has 2 N–H and O–H groups in total. The first kappa shape index (κ1) is 15.4. The van der Waals surface area contributed by atoms with Crippen molar-refractivity contribution in [3.05, 3.63) is 29.6 Å². The molecule has 0 aliphatic carbocycles. The quantitative estimate of drug-likeness (QED) is 0.840. The molecule has 1 aromatic rings. The van der Waals surface area contributed by atoms with E-state index in [1.807, 2.05) is 13.8 Å². The van der Waals surface area contributed by atoms with Gasteiger partial charge in [0.1, 0.15) is 11.6 Å². The molecule has 0 fully saturated rings. The summed E-state index contributed by atoms with van der Waals surface area (Å²) < 4.78 is 18.8. The summed E-state index contributed by atoms with van der Waals surface area (Å²) in [5, 5.41) is 0. The average Bonchev–Trinajstić information content (AvgIpc) is 2.34. The van der Waals surface area contributed by atoms with Crippen LogP contribution in [-0.4, -0.2) is 35.5 Å². The summed E-state index contributed by atoms with van der Waals surface area (Å²) in [6.07, 6.45) is 0. The van der Waals surface area contributed by atoms with Crippen molar-refractivity contribution in [2.75, 3.05) is 13.7 Å². The number of carbonyl (C=O) groups excluding carboxylic acids is 1. The lowest BCUT2D eigenvalue weighted by atomic mass is 10.1. The van der Waals surface area contributed by atoms with Crippen LogP contribution in [0.2, 0.25) is 0 Å². The summed E-state index contributed by atoms with van der Waals surface area (Å²) in [6, 6.07) is 3.98. The van der Waals surface area contributed by atoms with Crippen LogP contribution >= 0.6 is 12.2 Å². The third-order valence-electron chi connectivity index (χ3n) is 2.62. The predicted molar refractivity (Wildman–Crippen MR) is 75.9 cm³/mol. The van der Waals surface area contributed by atoms with Crippen molar-refractivity contribution >= 4 is 23.1 Å². The topological polar surface area (TPSA) is 55.6 Å². The van der Waals surface area contributed by atoms with Crippen LogP contribution in [0.3, 0.4) is 0 Å². The zero-order valence-electron chi connectivity index (χ0n) is 11.1. The molecule has 0 radical (unpaired) electrons. The molecule has 0 atom stereocenters. The SMILES string of the molecule is COc1ccc(C(=O)N(CC(N)=S)C(C)C)c(F)c1. The Bertz CT molecular complexity index is 492. The number of benzene rings is 1. The fourth-order valence-corrected chi connectivity index (χ4v) is 1.75. The highest BCUT2D eigenvalue weighted by molar-refractivity contribution is 7.80. The number of rotatable bonds is 5. The van der Waals surface area contributed by atoms with E-state index in [9.17, 15) is 9.18 Å². The first-order valence-corrected chi connectivity index (χ1v) is 6.20. The number of hydrogen-bond donors (Lipinski definition) is 1. The van der Waals surface area contributed by atoms with Crippen LogP contribution in [0.15, 0.2) is 18.2 Å². The van der Waals surface area contributed by atoms with Crippen molar-refractivity contribution in [1.82, 2.24) is 4.90 Å². The molecule has 0 saturated heterocycles. The van der Waals surface area contributed by atoms with Gasteiger partial charge in [-0.15, -0.1) is 0 Å². The lowest BCUT2D eigenvalue weighted by Gasteiger charge is -2.26. The highest BCUT2D eigenvalue weighted by Crippen LogP contribution is 2.18. The van der Waals surface area contributed by atoms with Crippen molar-refractivity contribution in [1.29, 1.82) is 0 Å². The fraction of sp³-hybridized carbons (Fsp3) is 0.385. The maximum atomic E-state index is 13.9. The summed E-state index contributed by atoms with van der Waals surface area (Å²) >= 11 is 4.80. The van der Waals surface area contributed by atoms with Gasteiger partial charge in [0.15, 0.2) is 0 Å². The van der Waals surface area contributed by atoms with E-state index in [4.69, 9.17) is 22.7 Å². The molecule has 1 aromatic carbocycles. The Labute approximate surface area is 117 Å². The van der Waals surface area contributed by atoms with Crippen LogP contribution in [0.5, 0.6) is 5.75 Å². The van der Waals surface area contributed by atoms with Crippen LogP contribution in [0.25, 0.3) is 0 Å². The molecule has 0 aliphatic rings. The van der Waals surface area contributed by atoms with E-state index in [1.165, 1.54) is 30.2 Å². The molecule has 6 heteroatoms. The summed E-state index contributed by atoms with van der Waals surface area (Å²) in [4.78, 5) is 13.9. The highest BCUT2D eigenvalue weighted by atomic mass is 32.1. The number of halogens is 1. The number of nitrogens with zero attached hydrogens (tertiary/aromatic N) is 1. The summed E-state index contributed by atoms with van der Waals surface area (Å²) in [5.74, 6) is -0.708. The molecule has 0 bridgehead atoms. The van der Waals surface area contributed by atoms with Gasteiger partial charge in [-0.1, -0.05) is 12.2 Å². The van der Waals surface area contributed by atoms with Crippen LogP contribution in [0, 0.1) is 5.82 Å². The second-order valence-corrected chi connectivity index (χ2v) is 4.86. The van der Waals surface area contributed by atoms with Crippen LogP contribution in [0.1, 0.15) is 24.2 Å². The number of thiocarbonyl (C=S) groups is 1. The highest BCUT2D eigenvalue weighted by Gasteiger charge is 2.22. The van der Waals surface area contributed by atoms with Gasteiger partial charge in [-0.25, -0.2) is 4.39 Å². The largest absolute Gasteiger partial charge is 0.497 e. The zero-order valence-corrected chi connectivity index (χ0v) is 12.0. The lowest BCUT2D eigenvalue weighted by Crippen LogP contribution is -2.42. The van der Waals surface area contributed by atoms with Crippen molar-refractivity contribution < 1.29 is 13.9 Å². The first-order chi connectivity index (χ1) is 8.86. The number of amides is 1. The predicted octanol–water partition coefficient (Wildman–Crippen LogP) is 1.97. The molecule has 0 aromatic heterocycles. The average molecular weight is 284 g/mol. The lowest BCUT2D eigenvalue weighted by molar-refractivity contribution is 0.0731. The molecule has 0 saturated carbocycles. The van der Waals surface area contributed by atoms with E-state index in [1.54, 1.807) is 0 Å². The van der Waals surface area contributed by atoms with Crippen LogP contribution in [0.4, 0.5) is 4.39 Å². The Morgan fingerprint density at radius 1 is 1.53 bits per heavy atom. The van der Waals surface area contributed by atoms with Crippen LogP contribution < -0.4 is 10.5 Å². The van der Waals surface area contributed by atoms with E-state index in [0.717, 1.165) is 0 Å². The number of carbonyl (C=O) groups is 1. The van der Waals surface area contributed by atoms with Gasteiger partial charge < -0.3 is 15.4 Å². The first-order valence-electron chi connectivity index (χ1n) is 5.79. The van der Waals surface area contributed by atoms with Crippen molar-refractivity contribution in [2.45, 2.75) is 19.9 Å². The van der Waals surface area contributed by atoms with Gasteiger partial charge >= 0.3 is 0 Å². The third-order valence-corrected chi connectivity index (χ3v) is 2.75. The molecule has 0 unspecified atom stereocenters. The molecule has 4 nitrogen and oxygen atoms in total. The zero-order chi connectivity index (χ0) is 14.6. The number of hydrogen-bond acceptors (Lipinski definition) is 3. The summed E-state index contributed by atoms with van der Waals surface area (Å²) in [7, 11) is 1.43. The van der Waals surface area contributed by atoms with Crippen LogP contribution in [-0.2, 0) is 0 Å². The monoisotopic (exact) mass is 284 g/mol. The van der Waals surface area contributed by atoms with Crippen molar-refractivity contribution in [3.63, 3.8) is 0 Å². The Morgan fingerprint density at radius 3 is 2.58 bits per heavy atom. The number of nitrogens with two attached hydrogens (primary N) is 1. The Balaban J connectivity index is 3.06. The smallest absolute Gasteiger partial charge is 0.257 e. The molecule has 0 spiro atoms. The Kier molecular flexibility index (Phi) is 5.23. The van der Waals surface area contributed by atoms with Gasteiger partial charge in [-0.2, -0.15) is 0 Å². The summed E-state index contributed by atoms with van der Waals surface area (Å²) in [6.45, 7) is 3.76. The van der Waals surface area contributed by atoms with Crippen molar-refractivity contribution in [2.24, 2.45) is 5.73 Å². The minimum Gasteiger partial charge on any atom is -0.497 e. The van der Waals surface area contributed by atoms with Gasteiger partial charge in [0.25, 0.3) is 5.91 Å². The molecule has 19 heavy (non-hydrogen) atoms.